The summed E-state index contributed by atoms with van der Waals surface area (Å²) >= 11 is 0. The van der Waals surface area contributed by atoms with E-state index in [9.17, 15) is 4.79 Å². The van der Waals surface area contributed by atoms with E-state index in [2.05, 4.69) is 19.2 Å². The van der Waals surface area contributed by atoms with Gasteiger partial charge < -0.3 is 15.8 Å². The van der Waals surface area contributed by atoms with E-state index in [-0.39, 0.29) is 22.8 Å². The van der Waals surface area contributed by atoms with Crippen LogP contribution in [0.15, 0.2) is 0 Å². The van der Waals surface area contributed by atoms with Crippen LogP contribution in [0.25, 0.3) is 0 Å². The average molecular weight is 256 g/mol. The smallest absolute Gasteiger partial charge is 0.227 e. The Labute approximate surface area is 111 Å². The zero-order valence-corrected chi connectivity index (χ0v) is 12.2. The van der Waals surface area contributed by atoms with Crippen LogP contribution in [0.2, 0.25) is 0 Å². The highest BCUT2D eigenvalue weighted by Crippen LogP contribution is 2.37. The summed E-state index contributed by atoms with van der Waals surface area (Å²) in [5.74, 6) is 0.109. The van der Waals surface area contributed by atoms with Crippen LogP contribution in [0.4, 0.5) is 0 Å². The van der Waals surface area contributed by atoms with Crippen molar-refractivity contribution in [2.75, 3.05) is 20.3 Å². The molecule has 3 N–H and O–H groups in total. The van der Waals surface area contributed by atoms with Crippen molar-refractivity contribution in [3.8, 4) is 0 Å². The molecule has 0 aliphatic heterocycles. The maximum atomic E-state index is 12.3. The molecular weight excluding hydrogens is 228 g/mol. The molecule has 0 radical (unpaired) electrons. The summed E-state index contributed by atoms with van der Waals surface area (Å²) in [5, 5.41) is 3.07. The van der Waals surface area contributed by atoms with E-state index < -0.39 is 0 Å². The second-order valence-electron chi connectivity index (χ2n) is 6.51. The molecule has 1 aliphatic rings. The molecule has 18 heavy (non-hydrogen) atoms. The Morgan fingerprint density at radius 2 is 2.22 bits per heavy atom. The second-order valence-corrected chi connectivity index (χ2v) is 6.51. The maximum Gasteiger partial charge on any atom is 0.227 e. The predicted molar refractivity (Wildman–Crippen MR) is 73.2 cm³/mol. The van der Waals surface area contributed by atoms with Crippen molar-refractivity contribution in [2.45, 2.75) is 52.5 Å². The van der Waals surface area contributed by atoms with Gasteiger partial charge in [-0.1, -0.05) is 20.3 Å². The number of carbonyl (C=O) groups is 1. The summed E-state index contributed by atoms with van der Waals surface area (Å²) < 4.78 is 5.09. The average Bonchev–Trinajstić information content (AvgIpc) is 2.65. The third kappa shape index (κ3) is 3.69. The van der Waals surface area contributed by atoms with Crippen LogP contribution >= 0.6 is 0 Å². The van der Waals surface area contributed by atoms with Gasteiger partial charge in [-0.2, -0.15) is 0 Å². The summed E-state index contributed by atoms with van der Waals surface area (Å²) in [5.41, 5.74) is 5.74. The first-order valence-electron chi connectivity index (χ1n) is 6.85. The number of nitrogens with two attached hydrogens (primary N) is 1. The lowest BCUT2D eigenvalue weighted by molar-refractivity contribution is -0.131. The molecule has 1 saturated carbocycles. The summed E-state index contributed by atoms with van der Waals surface area (Å²) in [6.45, 7) is 7.67. The summed E-state index contributed by atoms with van der Waals surface area (Å²) in [7, 11) is 1.70. The molecule has 0 bridgehead atoms. The molecule has 0 aromatic rings. The highest BCUT2D eigenvalue weighted by molar-refractivity contribution is 5.83. The molecule has 1 fully saturated rings. The first-order valence-corrected chi connectivity index (χ1v) is 6.85. The number of carbonyl (C=O) groups excluding carboxylic acids is 1. The molecule has 0 aromatic heterocycles. The molecule has 0 saturated heterocycles. The van der Waals surface area contributed by atoms with Crippen molar-refractivity contribution < 1.29 is 9.53 Å². The van der Waals surface area contributed by atoms with Gasteiger partial charge in [0.2, 0.25) is 5.91 Å². The molecule has 1 aliphatic carbocycles. The Hall–Kier alpha value is -0.610. The topological polar surface area (TPSA) is 64.3 Å². The molecule has 4 nitrogen and oxygen atoms in total. The van der Waals surface area contributed by atoms with Gasteiger partial charge in [-0.05, 0) is 31.6 Å². The SMILES string of the molecule is COCCC(C)(C)CNC(=O)C1(C)CCCC1N. The lowest BCUT2D eigenvalue weighted by Gasteiger charge is -2.31. The van der Waals surface area contributed by atoms with Crippen molar-refractivity contribution in [1.82, 2.24) is 5.32 Å². The molecular formula is C14H28N2O2. The van der Waals surface area contributed by atoms with Gasteiger partial charge in [0.05, 0.1) is 5.41 Å². The third-order valence-electron chi connectivity index (χ3n) is 4.26. The Morgan fingerprint density at radius 1 is 1.56 bits per heavy atom. The molecule has 1 amide bonds. The number of rotatable bonds is 6. The zero-order valence-electron chi connectivity index (χ0n) is 12.2. The van der Waals surface area contributed by atoms with E-state index >= 15 is 0 Å². The van der Waals surface area contributed by atoms with E-state index in [0.717, 1.165) is 32.3 Å². The fourth-order valence-corrected chi connectivity index (χ4v) is 2.46. The molecule has 0 aromatic carbocycles. The van der Waals surface area contributed by atoms with E-state index in [0.29, 0.717) is 6.54 Å². The van der Waals surface area contributed by atoms with Gasteiger partial charge in [0.1, 0.15) is 0 Å². The fourth-order valence-electron chi connectivity index (χ4n) is 2.46. The quantitative estimate of drug-likeness (QED) is 0.760. The number of hydrogen-bond acceptors (Lipinski definition) is 3. The van der Waals surface area contributed by atoms with Gasteiger partial charge >= 0.3 is 0 Å². The fraction of sp³-hybridized carbons (Fsp3) is 0.929. The van der Waals surface area contributed by atoms with Crippen molar-refractivity contribution in [3.05, 3.63) is 0 Å². The lowest BCUT2D eigenvalue weighted by Crippen LogP contribution is -2.49. The first-order chi connectivity index (χ1) is 8.32. The second kappa shape index (κ2) is 6.02. The number of methoxy groups -OCH3 is 1. The van der Waals surface area contributed by atoms with Crippen LogP contribution in [-0.4, -0.2) is 32.2 Å². The maximum absolute atomic E-state index is 12.3. The van der Waals surface area contributed by atoms with Gasteiger partial charge in [0.15, 0.2) is 0 Å². The molecule has 1 rings (SSSR count). The molecule has 2 atom stereocenters. The third-order valence-corrected chi connectivity index (χ3v) is 4.26. The van der Waals surface area contributed by atoms with E-state index in [1.165, 1.54) is 0 Å². The molecule has 106 valence electrons. The minimum absolute atomic E-state index is 0.000382. The number of ether oxygens (including phenoxy) is 1. The van der Waals surface area contributed by atoms with Gasteiger partial charge in [-0.25, -0.2) is 0 Å². The number of amides is 1. The summed E-state index contributed by atoms with van der Waals surface area (Å²) in [6.07, 6.45) is 3.85. The van der Waals surface area contributed by atoms with Crippen molar-refractivity contribution in [2.24, 2.45) is 16.6 Å². The Balaban J connectivity index is 2.45. The predicted octanol–water partition coefficient (Wildman–Crippen LogP) is 1.68. The van der Waals surface area contributed by atoms with Gasteiger partial charge in [-0.3, -0.25) is 4.79 Å². The number of nitrogens with one attached hydrogen (secondary N) is 1. The van der Waals surface area contributed by atoms with E-state index in [4.69, 9.17) is 10.5 Å². The van der Waals surface area contributed by atoms with Gasteiger partial charge in [0.25, 0.3) is 0 Å². The minimum atomic E-state index is -0.378. The standard InChI is InChI=1S/C14H28N2O2/c1-13(2,8-9-18-4)10-16-12(17)14(3)7-5-6-11(14)15/h11H,5-10,15H2,1-4H3,(H,16,17). The van der Waals surface area contributed by atoms with Gasteiger partial charge in [-0.15, -0.1) is 0 Å². The molecule has 2 unspecified atom stereocenters. The van der Waals surface area contributed by atoms with Crippen LogP contribution in [-0.2, 0) is 9.53 Å². The van der Waals surface area contributed by atoms with Crippen molar-refractivity contribution in [1.29, 1.82) is 0 Å². The summed E-state index contributed by atoms with van der Waals surface area (Å²) in [6, 6.07) is -0.000382. The van der Waals surface area contributed by atoms with Gasteiger partial charge in [0, 0.05) is 26.3 Å². The van der Waals surface area contributed by atoms with Crippen LogP contribution < -0.4 is 11.1 Å². The van der Waals surface area contributed by atoms with Crippen LogP contribution in [0.5, 0.6) is 0 Å². The normalized spacial score (nSPS) is 28.4. The number of hydrogen-bond donors (Lipinski definition) is 2. The van der Waals surface area contributed by atoms with E-state index in [1.807, 2.05) is 6.92 Å². The van der Waals surface area contributed by atoms with Crippen LogP contribution in [0, 0.1) is 10.8 Å². The Kier molecular flexibility index (Phi) is 5.17. The van der Waals surface area contributed by atoms with E-state index in [1.54, 1.807) is 7.11 Å². The monoisotopic (exact) mass is 256 g/mol. The van der Waals surface area contributed by atoms with Crippen LogP contribution in [0.1, 0.15) is 46.5 Å². The molecule has 4 heteroatoms. The molecule has 0 heterocycles. The summed E-state index contributed by atoms with van der Waals surface area (Å²) in [4.78, 5) is 12.3. The van der Waals surface area contributed by atoms with Crippen molar-refractivity contribution >= 4 is 5.91 Å². The van der Waals surface area contributed by atoms with Crippen molar-refractivity contribution in [3.63, 3.8) is 0 Å². The highest BCUT2D eigenvalue weighted by Gasteiger charge is 2.43. The minimum Gasteiger partial charge on any atom is -0.385 e. The Morgan fingerprint density at radius 3 is 2.72 bits per heavy atom. The molecule has 0 spiro atoms. The van der Waals surface area contributed by atoms with Crippen LogP contribution in [0.3, 0.4) is 0 Å². The Bertz CT molecular complexity index is 292. The largest absolute Gasteiger partial charge is 0.385 e. The lowest BCUT2D eigenvalue weighted by atomic mass is 9.83. The first kappa shape index (κ1) is 15.4. The zero-order chi connectivity index (χ0) is 13.8. The highest BCUT2D eigenvalue weighted by atomic mass is 16.5.